The molecule has 2 aromatic heterocycles. The molecule has 0 fully saturated rings. The number of aromatic nitrogens is 2. The van der Waals surface area contributed by atoms with Crippen LogP contribution in [0.25, 0.3) is 20.8 Å². The van der Waals surface area contributed by atoms with Crippen LogP contribution in [0.15, 0.2) is 28.9 Å². The number of aromatic hydroxyl groups is 1. The first-order valence-electron chi connectivity index (χ1n) is 6.63. The van der Waals surface area contributed by atoms with E-state index in [2.05, 4.69) is 25.9 Å². The van der Waals surface area contributed by atoms with Crippen molar-refractivity contribution in [2.75, 3.05) is 6.61 Å². The van der Waals surface area contributed by atoms with Crippen LogP contribution < -0.4 is 0 Å². The van der Waals surface area contributed by atoms with Gasteiger partial charge in [0.15, 0.2) is 11.4 Å². The van der Waals surface area contributed by atoms with Crippen LogP contribution in [0.5, 0.6) is 5.75 Å². The maximum atomic E-state index is 13.0. The number of nitrogens with zero attached hydrogens (tertiary/aromatic N) is 2. The van der Waals surface area contributed by atoms with Gasteiger partial charge in [-0.05, 0) is 47.1 Å². The molecule has 5 nitrogen and oxygen atoms in total. The predicted octanol–water partition coefficient (Wildman–Crippen LogP) is 4.14. The Morgan fingerprint density at radius 1 is 1.35 bits per heavy atom. The van der Waals surface area contributed by atoms with Crippen LogP contribution in [0.3, 0.4) is 0 Å². The Balaban J connectivity index is 2.15. The fourth-order valence-corrected chi connectivity index (χ4v) is 3.60. The van der Waals surface area contributed by atoms with Crippen LogP contribution in [0.2, 0.25) is 0 Å². The van der Waals surface area contributed by atoms with Gasteiger partial charge in [0.05, 0.1) is 6.61 Å². The topological polar surface area (TPSA) is 72.3 Å². The lowest BCUT2D eigenvalue weighted by atomic mass is 10.2. The molecule has 1 N–H and O–H groups in total. The smallest absolute Gasteiger partial charge is 0.360 e. The second-order valence-corrected chi connectivity index (χ2v) is 6.27. The number of hydrogen-bond acceptors (Lipinski definition) is 6. The molecule has 2 heterocycles. The molecule has 0 saturated heterocycles. The van der Waals surface area contributed by atoms with Gasteiger partial charge in [0, 0.05) is 5.56 Å². The number of esters is 1. The summed E-state index contributed by atoms with van der Waals surface area (Å²) >= 11 is 4.44. The van der Waals surface area contributed by atoms with Crippen LogP contribution in [0.1, 0.15) is 17.4 Å². The second-order valence-electron chi connectivity index (χ2n) is 4.52. The average molecular weight is 397 g/mol. The Bertz CT molecular complexity index is 896. The third-order valence-corrected chi connectivity index (χ3v) is 4.70. The minimum absolute atomic E-state index is 0.166. The van der Waals surface area contributed by atoms with E-state index in [1.165, 1.54) is 23.5 Å². The summed E-state index contributed by atoms with van der Waals surface area (Å²) in [6.07, 6.45) is 0. The molecular weight excluding hydrogens is 387 g/mol. The zero-order valence-electron chi connectivity index (χ0n) is 11.8. The molecule has 23 heavy (non-hydrogen) atoms. The van der Waals surface area contributed by atoms with Crippen LogP contribution in [-0.2, 0) is 4.74 Å². The maximum absolute atomic E-state index is 13.0. The van der Waals surface area contributed by atoms with E-state index in [-0.39, 0.29) is 23.9 Å². The molecule has 0 radical (unpaired) electrons. The van der Waals surface area contributed by atoms with Gasteiger partial charge in [0.2, 0.25) is 0 Å². The minimum Gasteiger partial charge on any atom is -0.504 e. The van der Waals surface area contributed by atoms with Crippen molar-refractivity contribution in [3.8, 4) is 16.3 Å². The van der Waals surface area contributed by atoms with E-state index in [4.69, 9.17) is 4.74 Å². The summed E-state index contributed by atoms with van der Waals surface area (Å²) in [6.45, 7) is 1.85. The molecule has 118 valence electrons. The van der Waals surface area contributed by atoms with Crippen molar-refractivity contribution in [3.05, 3.63) is 40.4 Å². The molecule has 0 aliphatic carbocycles. The summed E-state index contributed by atoms with van der Waals surface area (Å²) < 4.78 is 18.6. The first-order chi connectivity index (χ1) is 11.0. The maximum Gasteiger partial charge on any atom is 0.360 e. The first-order valence-corrected chi connectivity index (χ1v) is 8.24. The van der Waals surface area contributed by atoms with E-state index in [1.54, 1.807) is 19.1 Å². The van der Waals surface area contributed by atoms with Crippen LogP contribution >= 0.6 is 27.3 Å². The van der Waals surface area contributed by atoms with Crippen LogP contribution in [0.4, 0.5) is 4.39 Å². The SMILES string of the molecule is CCOC(=O)c1nc(Br)c2nc(-c3ccc(F)cc3)sc2c1O. The Morgan fingerprint density at radius 3 is 2.70 bits per heavy atom. The Morgan fingerprint density at radius 2 is 2.04 bits per heavy atom. The van der Waals surface area contributed by atoms with Gasteiger partial charge in [-0.15, -0.1) is 11.3 Å². The van der Waals surface area contributed by atoms with Gasteiger partial charge in [-0.3, -0.25) is 0 Å². The third kappa shape index (κ3) is 2.91. The molecule has 0 aliphatic heterocycles. The number of thiazole rings is 1. The molecule has 0 unspecified atom stereocenters. The van der Waals surface area contributed by atoms with Gasteiger partial charge in [-0.2, -0.15) is 0 Å². The average Bonchev–Trinajstić information content (AvgIpc) is 2.98. The van der Waals surface area contributed by atoms with Gasteiger partial charge in [0.25, 0.3) is 0 Å². The molecule has 0 bridgehead atoms. The van der Waals surface area contributed by atoms with Crippen molar-refractivity contribution < 1.29 is 19.0 Å². The first kappa shape index (κ1) is 15.8. The quantitative estimate of drug-likeness (QED) is 0.531. The van der Waals surface area contributed by atoms with Crippen LogP contribution in [-0.4, -0.2) is 27.7 Å². The van der Waals surface area contributed by atoms with E-state index >= 15 is 0 Å². The highest BCUT2D eigenvalue weighted by Crippen LogP contribution is 2.39. The molecule has 0 spiro atoms. The van der Waals surface area contributed by atoms with Crippen molar-refractivity contribution in [1.29, 1.82) is 0 Å². The molecular formula is C15H10BrFN2O3S. The van der Waals surface area contributed by atoms with Crippen molar-refractivity contribution in [2.45, 2.75) is 6.92 Å². The molecule has 0 aliphatic rings. The molecule has 0 amide bonds. The van der Waals surface area contributed by atoms with E-state index in [1.807, 2.05) is 0 Å². The Kier molecular flexibility index (Phi) is 4.27. The highest BCUT2D eigenvalue weighted by molar-refractivity contribution is 9.10. The number of fused-ring (bicyclic) bond motifs is 1. The number of ether oxygens (including phenoxy) is 1. The van der Waals surface area contributed by atoms with Crippen molar-refractivity contribution >= 4 is 43.5 Å². The fourth-order valence-electron chi connectivity index (χ4n) is 1.99. The van der Waals surface area contributed by atoms with Crippen molar-refractivity contribution in [3.63, 3.8) is 0 Å². The van der Waals surface area contributed by atoms with Gasteiger partial charge in [0.1, 0.15) is 25.6 Å². The predicted molar refractivity (Wildman–Crippen MR) is 88.1 cm³/mol. The second kappa shape index (κ2) is 6.21. The third-order valence-electron chi connectivity index (χ3n) is 3.03. The lowest BCUT2D eigenvalue weighted by molar-refractivity contribution is 0.0516. The summed E-state index contributed by atoms with van der Waals surface area (Å²) in [5, 5.41) is 10.9. The zero-order chi connectivity index (χ0) is 16.6. The Hall–Kier alpha value is -2.06. The molecule has 3 rings (SSSR count). The number of halogens is 2. The number of carbonyl (C=O) groups is 1. The van der Waals surface area contributed by atoms with Gasteiger partial charge >= 0.3 is 5.97 Å². The number of rotatable bonds is 3. The fraction of sp³-hybridized carbons (Fsp3) is 0.133. The number of benzene rings is 1. The largest absolute Gasteiger partial charge is 0.504 e. The monoisotopic (exact) mass is 396 g/mol. The lowest BCUT2D eigenvalue weighted by Gasteiger charge is -2.04. The zero-order valence-corrected chi connectivity index (χ0v) is 14.2. The molecule has 3 aromatic rings. The molecule has 0 saturated carbocycles. The van der Waals surface area contributed by atoms with Crippen LogP contribution in [0, 0.1) is 5.82 Å². The number of carbonyl (C=O) groups excluding carboxylic acids is 1. The summed E-state index contributed by atoms with van der Waals surface area (Å²) in [7, 11) is 0. The summed E-state index contributed by atoms with van der Waals surface area (Å²) in [5.74, 6) is -1.32. The molecule has 1 aromatic carbocycles. The van der Waals surface area contributed by atoms with Crippen molar-refractivity contribution in [2.24, 2.45) is 0 Å². The summed E-state index contributed by atoms with van der Waals surface area (Å²) in [4.78, 5) is 20.3. The van der Waals surface area contributed by atoms with E-state index < -0.39 is 5.97 Å². The Labute approximate surface area is 142 Å². The van der Waals surface area contributed by atoms with E-state index in [9.17, 15) is 14.3 Å². The van der Waals surface area contributed by atoms with Crippen molar-refractivity contribution in [1.82, 2.24) is 9.97 Å². The summed E-state index contributed by atoms with van der Waals surface area (Å²) in [5.41, 5.74) is 0.969. The highest BCUT2D eigenvalue weighted by Gasteiger charge is 2.22. The molecule has 8 heteroatoms. The van der Waals surface area contributed by atoms with Gasteiger partial charge in [-0.1, -0.05) is 0 Å². The normalized spacial score (nSPS) is 10.9. The van der Waals surface area contributed by atoms with E-state index in [0.29, 0.717) is 25.4 Å². The standard InChI is InChI=1S/C15H10BrFN2O3S/c1-2-22-15(21)9-11(20)12-10(13(16)18-9)19-14(23-12)7-3-5-8(17)6-4-7/h3-6,20H,2H2,1H3. The molecule has 0 atom stereocenters. The van der Waals surface area contributed by atoms with E-state index in [0.717, 1.165) is 0 Å². The number of pyridine rings is 1. The minimum atomic E-state index is -0.704. The number of hydrogen-bond donors (Lipinski definition) is 1. The lowest BCUT2D eigenvalue weighted by Crippen LogP contribution is -2.07. The van der Waals surface area contributed by atoms with Gasteiger partial charge in [-0.25, -0.2) is 19.2 Å². The summed E-state index contributed by atoms with van der Waals surface area (Å²) in [6, 6.07) is 5.85. The highest BCUT2D eigenvalue weighted by atomic mass is 79.9. The van der Waals surface area contributed by atoms with Gasteiger partial charge < -0.3 is 9.84 Å².